The number of hydrogen-bond acceptors (Lipinski definition) is 4. The Bertz CT molecular complexity index is 571. The van der Waals surface area contributed by atoms with E-state index in [-0.39, 0.29) is 6.04 Å². The van der Waals surface area contributed by atoms with Crippen molar-refractivity contribution < 1.29 is 0 Å². The maximum absolute atomic E-state index is 6.00. The molecule has 19 heavy (non-hydrogen) atoms. The number of aryl methyl sites for hydroxylation is 1. The lowest BCUT2D eigenvalue weighted by atomic mass is 10.1. The van der Waals surface area contributed by atoms with E-state index in [1.807, 2.05) is 37.3 Å². The Kier molecular flexibility index (Phi) is 4.22. The molecule has 0 fully saturated rings. The summed E-state index contributed by atoms with van der Waals surface area (Å²) in [6.45, 7) is 4.01. The van der Waals surface area contributed by atoms with E-state index in [4.69, 9.17) is 11.6 Å². The van der Waals surface area contributed by atoms with Crippen molar-refractivity contribution in [2.24, 2.45) is 0 Å². The number of anilines is 2. The molecule has 0 aliphatic rings. The van der Waals surface area contributed by atoms with Gasteiger partial charge in [0.05, 0.1) is 0 Å². The van der Waals surface area contributed by atoms with Crippen molar-refractivity contribution in [3.05, 3.63) is 46.6 Å². The molecule has 2 aromatic rings. The molecule has 0 saturated carbocycles. The van der Waals surface area contributed by atoms with Gasteiger partial charge in [-0.25, -0.2) is 4.98 Å². The van der Waals surface area contributed by atoms with Gasteiger partial charge in [0, 0.05) is 29.9 Å². The molecule has 0 saturated heterocycles. The predicted molar refractivity (Wildman–Crippen MR) is 79.8 cm³/mol. The van der Waals surface area contributed by atoms with Crippen molar-refractivity contribution in [1.82, 2.24) is 9.97 Å². The highest BCUT2D eigenvalue weighted by atomic mass is 35.5. The van der Waals surface area contributed by atoms with Gasteiger partial charge in [0.2, 0.25) is 5.95 Å². The Balaban J connectivity index is 2.18. The summed E-state index contributed by atoms with van der Waals surface area (Å²) in [7, 11) is 1.80. The normalized spacial score (nSPS) is 12.0. The van der Waals surface area contributed by atoms with Crippen LogP contribution in [0, 0.1) is 6.92 Å². The summed E-state index contributed by atoms with van der Waals surface area (Å²) in [5, 5.41) is 7.04. The number of rotatable bonds is 4. The van der Waals surface area contributed by atoms with Crippen LogP contribution >= 0.6 is 11.6 Å². The van der Waals surface area contributed by atoms with Crippen molar-refractivity contribution in [2.75, 3.05) is 17.7 Å². The third-order valence-corrected chi connectivity index (χ3v) is 3.03. The minimum Gasteiger partial charge on any atom is -0.363 e. The van der Waals surface area contributed by atoms with Gasteiger partial charge in [-0.05, 0) is 31.5 Å². The summed E-state index contributed by atoms with van der Waals surface area (Å²) in [5.41, 5.74) is 2.04. The molecule has 2 rings (SSSR count). The monoisotopic (exact) mass is 276 g/mol. The molecule has 1 atom stereocenters. The summed E-state index contributed by atoms with van der Waals surface area (Å²) in [4.78, 5) is 8.64. The highest BCUT2D eigenvalue weighted by molar-refractivity contribution is 6.30. The van der Waals surface area contributed by atoms with Crippen LogP contribution in [0.25, 0.3) is 0 Å². The summed E-state index contributed by atoms with van der Waals surface area (Å²) in [6.07, 6.45) is 0. The van der Waals surface area contributed by atoms with Gasteiger partial charge in [0.25, 0.3) is 0 Å². The van der Waals surface area contributed by atoms with Crippen molar-refractivity contribution in [3.63, 3.8) is 0 Å². The molecule has 4 nitrogen and oxygen atoms in total. The fraction of sp³-hybridized carbons (Fsp3) is 0.286. The van der Waals surface area contributed by atoms with E-state index in [0.29, 0.717) is 5.95 Å². The quantitative estimate of drug-likeness (QED) is 0.895. The lowest BCUT2D eigenvalue weighted by molar-refractivity contribution is 0.871. The first-order valence-corrected chi connectivity index (χ1v) is 6.51. The number of halogens is 1. The Labute approximate surface area is 118 Å². The van der Waals surface area contributed by atoms with Gasteiger partial charge in [-0.15, -0.1) is 0 Å². The van der Waals surface area contributed by atoms with E-state index >= 15 is 0 Å². The van der Waals surface area contributed by atoms with Gasteiger partial charge in [-0.1, -0.05) is 23.7 Å². The van der Waals surface area contributed by atoms with Crippen LogP contribution in [0.15, 0.2) is 30.3 Å². The van der Waals surface area contributed by atoms with E-state index in [0.717, 1.165) is 22.1 Å². The van der Waals surface area contributed by atoms with Crippen molar-refractivity contribution >= 4 is 23.4 Å². The Morgan fingerprint density at radius 1 is 1.21 bits per heavy atom. The van der Waals surface area contributed by atoms with Crippen LogP contribution in [-0.2, 0) is 0 Å². The van der Waals surface area contributed by atoms with Gasteiger partial charge in [0.1, 0.15) is 5.82 Å². The average molecular weight is 277 g/mol. The molecule has 2 N–H and O–H groups in total. The van der Waals surface area contributed by atoms with E-state index in [1.165, 1.54) is 0 Å². The first-order chi connectivity index (χ1) is 9.08. The first kappa shape index (κ1) is 13.6. The largest absolute Gasteiger partial charge is 0.363 e. The van der Waals surface area contributed by atoms with Gasteiger partial charge in [-0.2, -0.15) is 4.98 Å². The van der Waals surface area contributed by atoms with E-state index in [9.17, 15) is 0 Å². The maximum atomic E-state index is 6.00. The molecule has 1 heterocycles. The number of nitrogens with one attached hydrogen (secondary N) is 2. The molecule has 1 unspecified atom stereocenters. The van der Waals surface area contributed by atoms with Gasteiger partial charge >= 0.3 is 0 Å². The second-order valence-electron chi connectivity index (χ2n) is 4.39. The number of hydrogen-bond donors (Lipinski definition) is 2. The Morgan fingerprint density at radius 2 is 2.00 bits per heavy atom. The molecule has 5 heteroatoms. The number of nitrogens with zero attached hydrogens (tertiary/aromatic N) is 2. The molecule has 0 aliphatic carbocycles. The van der Waals surface area contributed by atoms with Crippen LogP contribution in [0.4, 0.5) is 11.8 Å². The van der Waals surface area contributed by atoms with Gasteiger partial charge < -0.3 is 10.6 Å². The molecule has 100 valence electrons. The van der Waals surface area contributed by atoms with Crippen molar-refractivity contribution in [3.8, 4) is 0 Å². The lowest BCUT2D eigenvalue weighted by Crippen LogP contribution is -2.09. The third kappa shape index (κ3) is 3.58. The zero-order valence-corrected chi connectivity index (χ0v) is 12.0. The molecule has 0 aliphatic heterocycles. The van der Waals surface area contributed by atoms with Crippen LogP contribution in [0.5, 0.6) is 0 Å². The zero-order chi connectivity index (χ0) is 13.8. The number of benzene rings is 1. The van der Waals surface area contributed by atoms with E-state index < -0.39 is 0 Å². The molecule has 1 aromatic heterocycles. The van der Waals surface area contributed by atoms with Crippen LogP contribution in [0.2, 0.25) is 5.02 Å². The van der Waals surface area contributed by atoms with E-state index in [1.54, 1.807) is 7.05 Å². The van der Waals surface area contributed by atoms with Crippen molar-refractivity contribution in [2.45, 2.75) is 19.9 Å². The Hall–Kier alpha value is -1.81. The fourth-order valence-electron chi connectivity index (χ4n) is 1.84. The van der Waals surface area contributed by atoms with Gasteiger partial charge in [-0.3, -0.25) is 0 Å². The molecule has 0 radical (unpaired) electrons. The summed E-state index contributed by atoms with van der Waals surface area (Å²) in [6, 6.07) is 9.84. The topological polar surface area (TPSA) is 49.8 Å². The van der Waals surface area contributed by atoms with Gasteiger partial charge in [0.15, 0.2) is 0 Å². The maximum Gasteiger partial charge on any atom is 0.224 e. The molecule has 1 aromatic carbocycles. The minimum absolute atomic E-state index is 0.123. The highest BCUT2D eigenvalue weighted by Gasteiger charge is 2.08. The Morgan fingerprint density at radius 3 is 2.68 bits per heavy atom. The predicted octanol–water partition coefficient (Wildman–Crippen LogP) is 3.65. The second-order valence-corrected chi connectivity index (χ2v) is 4.83. The lowest BCUT2D eigenvalue weighted by Gasteiger charge is -2.16. The first-order valence-electron chi connectivity index (χ1n) is 6.14. The zero-order valence-electron chi connectivity index (χ0n) is 11.2. The molecular formula is C14H17ClN4. The van der Waals surface area contributed by atoms with Crippen LogP contribution in [0.3, 0.4) is 0 Å². The molecule has 0 spiro atoms. The molecular weight excluding hydrogens is 260 g/mol. The minimum atomic E-state index is 0.123. The third-order valence-electron chi connectivity index (χ3n) is 2.79. The standard InChI is InChI=1S/C14H17ClN4/c1-9-7-13(19-14(16-3)17-9)18-10(2)11-5-4-6-12(15)8-11/h4-8,10H,1-3H3,(H2,16,17,18,19). The van der Waals surface area contributed by atoms with E-state index in [2.05, 4.69) is 27.5 Å². The average Bonchev–Trinajstić information content (AvgIpc) is 2.38. The fourth-order valence-corrected chi connectivity index (χ4v) is 2.03. The summed E-state index contributed by atoms with van der Waals surface area (Å²) in [5.74, 6) is 1.41. The van der Waals surface area contributed by atoms with Crippen LogP contribution in [0.1, 0.15) is 24.2 Å². The number of aromatic nitrogens is 2. The summed E-state index contributed by atoms with van der Waals surface area (Å²) < 4.78 is 0. The second kappa shape index (κ2) is 5.89. The van der Waals surface area contributed by atoms with Crippen LogP contribution in [-0.4, -0.2) is 17.0 Å². The molecule has 0 amide bonds. The highest BCUT2D eigenvalue weighted by Crippen LogP contribution is 2.21. The van der Waals surface area contributed by atoms with Crippen LogP contribution < -0.4 is 10.6 Å². The smallest absolute Gasteiger partial charge is 0.224 e. The SMILES string of the molecule is CNc1nc(C)cc(NC(C)c2cccc(Cl)c2)n1. The molecule has 0 bridgehead atoms. The van der Waals surface area contributed by atoms with Crippen molar-refractivity contribution in [1.29, 1.82) is 0 Å². The summed E-state index contributed by atoms with van der Waals surface area (Å²) >= 11 is 6.00.